The summed E-state index contributed by atoms with van der Waals surface area (Å²) in [5.41, 5.74) is 0.504. The number of amides is 2. The van der Waals surface area contributed by atoms with Crippen molar-refractivity contribution in [3.8, 4) is 5.75 Å². The summed E-state index contributed by atoms with van der Waals surface area (Å²) < 4.78 is 28.5. The van der Waals surface area contributed by atoms with Crippen LogP contribution in [0.5, 0.6) is 5.75 Å². The summed E-state index contributed by atoms with van der Waals surface area (Å²) in [5.74, 6) is -0.170. The van der Waals surface area contributed by atoms with Crippen LogP contribution in [0.15, 0.2) is 24.3 Å². The first-order valence-electron chi connectivity index (χ1n) is 8.13. The molecule has 0 saturated carbocycles. The third-order valence-corrected chi connectivity index (χ3v) is 4.03. The topological polar surface area (TPSA) is 61.9 Å². The molecule has 0 radical (unpaired) electrons. The molecule has 1 aliphatic heterocycles. The summed E-state index contributed by atoms with van der Waals surface area (Å²) in [6.45, 7) is -1.36. The number of nitrogens with zero attached hydrogens (tertiary/aromatic N) is 2. The highest BCUT2D eigenvalue weighted by Gasteiger charge is 2.27. The molecular weight excluding hydrogens is 332 g/mol. The zero-order valence-electron chi connectivity index (χ0n) is 14.4. The molecule has 6 nitrogen and oxygen atoms in total. The van der Waals surface area contributed by atoms with Gasteiger partial charge in [0.2, 0.25) is 11.8 Å². The monoisotopic (exact) mass is 355 g/mol. The third kappa shape index (κ3) is 5.97. The lowest BCUT2D eigenvalue weighted by molar-refractivity contribution is -0.135. The quantitative estimate of drug-likeness (QED) is 0.848. The fourth-order valence-corrected chi connectivity index (χ4v) is 2.89. The van der Waals surface area contributed by atoms with Crippen molar-refractivity contribution in [3.05, 3.63) is 24.3 Å². The van der Waals surface area contributed by atoms with Gasteiger partial charge in [-0.05, 0) is 43.7 Å². The molecule has 1 atom stereocenters. The number of rotatable bonds is 6. The van der Waals surface area contributed by atoms with Crippen molar-refractivity contribution < 1.29 is 23.1 Å². The first kappa shape index (κ1) is 19.1. The van der Waals surface area contributed by atoms with E-state index in [1.807, 2.05) is 4.90 Å². The maximum Gasteiger partial charge on any atom is 0.387 e. The Kier molecular flexibility index (Phi) is 6.69. The number of benzene rings is 1. The van der Waals surface area contributed by atoms with Gasteiger partial charge >= 0.3 is 6.61 Å². The first-order chi connectivity index (χ1) is 11.8. The molecule has 1 N–H and O–H groups in total. The number of carbonyl (C=O) groups excluding carboxylic acids is 2. The van der Waals surface area contributed by atoms with Gasteiger partial charge in [0, 0.05) is 26.3 Å². The number of alkyl halides is 2. The highest BCUT2D eigenvalue weighted by molar-refractivity contribution is 5.92. The van der Waals surface area contributed by atoms with E-state index in [-0.39, 0.29) is 30.0 Å². The average Bonchev–Trinajstić information content (AvgIpc) is 2.55. The van der Waals surface area contributed by atoms with E-state index in [0.29, 0.717) is 12.2 Å². The minimum atomic E-state index is -2.88. The molecule has 2 rings (SSSR count). The predicted molar refractivity (Wildman–Crippen MR) is 89.6 cm³/mol. The van der Waals surface area contributed by atoms with Crippen molar-refractivity contribution in [2.75, 3.05) is 39.0 Å². The van der Waals surface area contributed by atoms with Gasteiger partial charge in [0.1, 0.15) is 5.75 Å². The summed E-state index contributed by atoms with van der Waals surface area (Å²) in [6, 6.07) is 5.75. The molecule has 0 spiro atoms. The maximum absolute atomic E-state index is 12.2. The second-order valence-corrected chi connectivity index (χ2v) is 6.26. The van der Waals surface area contributed by atoms with Gasteiger partial charge < -0.3 is 15.0 Å². The third-order valence-electron chi connectivity index (χ3n) is 4.03. The Morgan fingerprint density at radius 3 is 2.60 bits per heavy atom. The van der Waals surface area contributed by atoms with Crippen LogP contribution in [0.1, 0.15) is 12.8 Å². The molecule has 0 aromatic heterocycles. The number of carbonyl (C=O) groups is 2. The Morgan fingerprint density at radius 1 is 1.32 bits per heavy atom. The molecule has 138 valence electrons. The number of likely N-dealkylation sites (tertiary alicyclic amines) is 1. The Balaban J connectivity index is 1.84. The number of anilines is 1. The molecule has 0 bridgehead atoms. The summed E-state index contributed by atoms with van der Waals surface area (Å²) in [7, 11) is 3.46. The SMILES string of the molecule is CN(C)C(=O)C1CCCN(CC(=O)Nc2ccc(OC(F)F)cc2)C1. The van der Waals surface area contributed by atoms with E-state index in [4.69, 9.17) is 0 Å². The minimum Gasteiger partial charge on any atom is -0.435 e. The molecule has 1 aromatic rings. The van der Waals surface area contributed by atoms with E-state index in [1.165, 1.54) is 24.3 Å². The summed E-state index contributed by atoms with van der Waals surface area (Å²) in [6.07, 6.45) is 1.71. The molecular formula is C17H23F2N3O3. The van der Waals surface area contributed by atoms with Crippen LogP contribution in [0, 0.1) is 5.92 Å². The van der Waals surface area contributed by atoms with Crippen LogP contribution >= 0.6 is 0 Å². The van der Waals surface area contributed by atoms with Gasteiger partial charge in [0.15, 0.2) is 0 Å². The number of piperidine rings is 1. The molecule has 1 saturated heterocycles. The second kappa shape index (κ2) is 8.75. The first-order valence-corrected chi connectivity index (χ1v) is 8.13. The van der Waals surface area contributed by atoms with E-state index < -0.39 is 6.61 Å². The Morgan fingerprint density at radius 2 is 2.00 bits per heavy atom. The van der Waals surface area contributed by atoms with Crippen molar-refractivity contribution in [1.82, 2.24) is 9.80 Å². The van der Waals surface area contributed by atoms with Crippen LogP contribution in [0.3, 0.4) is 0 Å². The smallest absolute Gasteiger partial charge is 0.387 e. The van der Waals surface area contributed by atoms with Gasteiger partial charge in [0.25, 0.3) is 0 Å². The minimum absolute atomic E-state index is 0.0362. The number of ether oxygens (including phenoxy) is 1. The second-order valence-electron chi connectivity index (χ2n) is 6.26. The molecule has 1 aromatic carbocycles. The molecule has 1 unspecified atom stereocenters. The zero-order valence-corrected chi connectivity index (χ0v) is 14.4. The largest absolute Gasteiger partial charge is 0.435 e. The van der Waals surface area contributed by atoms with E-state index in [1.54, 1.807) is 19.0 Å². The van der Waals surface area contributed by atoms with Crippen molar-refractivity contribution >= 4 is 17.5 Å². The van der Waals surface area contributed by atoms with Crippen molar-refractivity contribution in [2.45, 2.75) is 19.5 Å². The maximum atomic E-state index is 12.2. The number of hydrogen-bond acceptors (Lipinski definition) is 4. The van der Waals surface area contributed by atoms with Gasteiger partial charge in [-0.3, -0.25) is 14.5 Å². The van der Waals surface area contributed by atoms with Gasteiger partial charge in [-0.2, -0.15) is 8.78 Å². The Hall–Kier alpha value is -2.22. The number of hydrogen-bond donors (Lipinski definition) is 1. The van der Waals surface area contributed by atoms with E-state index in [0.717, 1.165) is 19.4 Å². The number of halogens is 2. The van der Waals surface area contributed by atoms with Crippen molar-refractivity contribution in [2.24, 2.45) is 5.92 Å². The van der Waals surface area contributed by atoms with Gasteiger partial charge in [-0.1, -0.05) is 0 Å². The lowest BCUT2D eigenvalue weighted by Gasteiger charge is -2.32. The summed E-state index contributed by atoms with van der Waals surface area (Å²) in [5, 5.41) is 2.72. The zero-order chi connectivity index (χ0) is 18.4. The van der Waals surface area contributed by atoms with Crippen LogP contribution in [0.4, 0.5) is 14.5 Å². The normalized spacial score (nSPS) is 18.0. The highest BCUT2D eigenvalue weighted by Crippen LogP contribution is 2.19. The van der Waals surface area contributed by atoms with Gasteiger partial charge in [-0.25, -0.2) is 0 Å². The van der Waals surface area contributed by atoms with E-state index in [9.17, 15) is 18.4 Å². The van der Waals surface area contributed by atoms with Crippen LogP contribution in [0.25, 0.3) is 0 Å². The standard InChI is InChI=1S/C17H23F2N3O3/c1-21(2)16(24)12-4-3-9-22(10-12)11-15(23)20-13-5-7-14(8-6-13)25-17(18)19/h5-8,12,17H,3-4,9-11H2,1-2H3,(H,20,23). The van der Waals surface area contributed by atoms with Crippen LogP contribution < -0.4 is 10.1 Å². The van der Waals surface area contributed by atoms with Gasteiger partial charge in [-0.15, -0.1) is 0 Å². The molecule has 2 amide bonds. The molecule has 1 fully saturated rings. The molecule has 8 heteroatoms. The van der Waals surface area contributed by atoms with Gasteiger partial charge in [0.05, 0.1) is 12.5 Å². The van der Waals surface area contributed by atoms with Crippen LogP contribution in [-0.4, -0.2) is 62.0 Å². The molecule has 0 aliphatic carbocycles. The fourth-order valence-electron chi connectivity index (χ4n) is 2.89. The summed E-state index contributed by atoms with van der Waals surface area (Å²) >= 11 is 0. The lowest BCUT2D eigenvalue weighted by Crippen LogP contribution is -2.45. The summed E-state index contributed by atoms with van der Waals surface area (Å²) in [4.78, 5) is 27.8. The molecule has 25 heavy (non-hydrogen) atoms. The molecule has 1 aliphatic rings. The van der Waals surface area contributed by atoms with E-state index >= 15 is 0 Å². The van der Waals surface area contributed by atoms with Crippen molar-refractivity contribution in [1.29, 1.82) is 0 Å². The Labute approximate surface area is 145 Å². The predicted octanol–water partition coefficient (Wildman–Crippen LogP) is 2.03. The van der Waals surface area contributed by atoms with E-state index in [2.05, 4.69) is 10.1 Å². The molecule has 1 heterocycles. The van der Waals surface area contributed by atoms with Crippen LogP contribution in [-0.2, 0) is 9.59 Å². The van der Waals surface area contributed by atoms with Crippen molar-refractivity contribution in [3.63, 3.8) is 0 Å². The lowest BCUT2D eigenvalue weighted by atomic mass is 9.97. The number of nitrogens with one attached hydrogen (secondary N) is 1. The Bertz CT molecular complexity index is 593. The average molecular weight is 355 g/mol. The fraction of sp³-hybridized carbons (Fsp3) is 0.529. The van der Waals surface area contributed by atoms with Crippen LogP contribution in [0.2, 0.25) is 0 Å². The highest BCUT2D eigenvalue weighted by atomic mass is 19.3.